The van der Waals surface area contributed by atoms with E-state index in [0.29, 0.717) is 6.54 Å². The van der Waals surface area contributed by atoms with Gasteiger partial charge in [0.25, 0.3) is 0 Å². The van der Waals surface area contributed by atoms with Gasteiger partial charge in [-0.1, -0.05) is 18.2 Å². The molecule has 4 rings (SSSR count). The van der Waals surface area contributed by atoms with Gasteiger partial charge in [-0.05, 0) is 19.1 Å². The van der Waals surface area contributed by atoms with Gasteiger partial charge in [-0.2, -0.15) is 5.10 Å². The largest absolute Gasteiger partial charge is 0.461 e. The Morgan fingerprint density at radius 1 is 1.32 bits per heavy atom. The van der Waals surface area contributed by atoms with Crippen LogP contribution < -0.4 is 10.3 Å². The van der Waals surface area contributed by atoms with Crippen molar-refractivity contribution in [2.75, 3.05) is 11.6 Å². The zero-order valence-electron chi connectivity index (χ0n) is 15.2. The van der Waals surface area contributed by atoms with E-state index in [1.165, 1.54) is 11.3 Å². The molecule has 3 aromatic rings. The van der Waals surface area contributed by atoms with Crippen LogP contribution in [0.4, 0.5) is 5.69 Å². The number of nitrogens with zero attached hydrogens (tertiary/aromatic N) is 4. The maximum absolute atomic E-state index is 12.9. The van der Waals surface area contributed by atoms with Crippen LogP contribution in [0.15, 0.2) is 53.2 Å². The molecular formula is C19H19N5O3S. The summed E-state index contributed by atoms with van der Waals surface area (Å²) in [4.78, 5) is 30.3. The van der Waals surface area contributed by atoms with Gasteiger partial charge >= 0.3 is 5.97 Å². The number of anilines is 1. The molecule has 0 radical (unpaired) electrons. The molecule has 2 aromatic heterocycles. The highest BCUT2D eigenvalue weighted by molar-refractivity contribution is 7.15. The van der Waals surface area contributed by atoms with Crippen molar-refractivity contribution in [2.45, 2.75) is 25.9 Å². The molecule has 0 saturated carbocycles. The Balaban J connectivity index is 1.49. The second-order valence-corrected chi connectivity index (χ2v) is 7.08. The second-order valence-electron chi connectivity index (χ2n) is 6.21. The summed E-state index contributed by atoms with van der Waals surface area (Å²) in [6.45, 7) is 2.31. The highest BCUT2D eigenvalue weighted by Gasteiger charge is 2.36. The summed E-state index contributed by atoms with van der Waals surface area (Å²) in [6.07, 6.45) is 4.00. The standard InChI is InChI=1S/C19H19N5O3S/c1-2-27-18(26)15-10-16(24(22-15)14-6-4-3-5-7-14)17(25)20-11-13-12-23-8-9-28-19(23)21-13/h3-9,12,16H,2,10-11H2,1H3,(H,20,25). The lowest BCUT2D eigenvalue weighted by Crippen LogP contribution is -2.42. The number of rotatable bonds is 6. The quantitative estimate of drug-likeness (QED) is 0.645. The van der Waals surface area contributed by atoms with E-state index >= 15 is 0 Å². The molecule has 0 bridgehead atoms. The van der Waals surface area contributed by atoms with E-state index in [1.54, 1.807) is 11.9 Å². The number of hydrogen-bond donors (Lipinski definition) is 1. The number of carbonyl (C=O) groups excluding carboxylic acids is 2. The fraction of sp³-hybridized carbons (Fsp3) is 0.263. The Morgan fingerprint density at radius 3 is 2.89 bits per heavy atom. The molecule has 1 aliphatic rings. The number of amides is 1. The zero-order chi connectivity index (χ0) is 19.5. The Hall–Kier alpha value is -3.20. The van der Waals surface area contributed by atoms with Gasteiger partial charge in [0.15, 0.2) is 4.96 Å². The van der Waals surface area contributed by atoms with Gasteiger partial charge in [-0.3, -0.25) is 14.2 Å². The first kappa shape index (κ1) is 18.2. The van der Waals surface area contributed by atoms with Crippen LogP contribution in [-0.2, 0) is 20.9 Å². The Kier molecular flexibility index (Phi) is 5.07. The van der Waals surface area contributed by atoms with Crippen LogP contribution in [0.5, 0.6) is 0 Å². The number of carbonyl (C=O) groups is 2. The highest BCUT2D eigenvalue weighted by Crippen LogP contribution is 2.25. The first-order valence-electron chi connectivity index (χ1n) is 8.93. The van der Waals surface area contributed by atoms with Crippen molar-refractivity contribution in [3.63, 3.8) is 0 Å². The number of fused-ring (bicyclic) bond motifs is 1. The van der Waals surface area contributed by atoms with Gasteiger partial charge in [0.05, 0.1) is 24.5 Å². The number of nitrogens with one attached hydrogen (secondary N) is 1. The lowest BCUT2D eigenvalue weighted by molar-refractivity contribution is -0.135. The first-order valence-corrected chi connectivity index (χ1v) is 9.81. The van der Waals surface area contributed by atoms with Crippen LogP contribution in [-0.4, -0.2) is 39.6 Å². The van der Waals surface area contributed by atoms with Gasteiger partial charge in [0.2, 0.25) is 5.91 Å². The summed E-state index contributed by atoms with van der Waals surface area (Å²) in [5, 5.41) is 10.8. The van der Waals surface area contributed by atoms with E-state index in [0.717, 1.165) is 16.3 Å². The molecule has 28 heavy (non-hydrogen) atoms. The molecule has 1 unspecified atom stereocenters. The fourth-order valence-electron chi connectivity index (χ4n) is 3.03. The Labute approximate surface area is 165 Å². The SMILES string of the molecule is CCOC(=O)C1=NN(c2ccccc2)C(C(=O)NCc2cn3ccsc3n2)C1. The summed E-state index contributed by atoms with van der Waals surface area (Å²) in [5.74, 6) is -0.712. The minimum absolute atomic E-state index is 0.192. The molecule has 1 N–H and O–H groups in total. The minimum Gasteiger partial charge on any atom is -0.461 e. The molecule has 0 fully saturated rings. The van der Waals surface area contributed by atoms with Crippen LogP contribution in [0.25, 0.3) is 4.96 Å². The average molecular weight is 397 g/mol. The maximum Gasteiger partial charge on any atom is 0.354 e. The third-order valence-electron chi connectivity index (χ3n) is 4.33. The molecule has 0 spiro atoms. The van der Waals surface area contributed by atoms with Gasteiger partial charge < -0.3 is 10.1 Å². The number of hydrazone groups is 1. The number of ether oxygens (including phenoxy) is 1. The highest BCUT2D eigenvalue weighted by atomic mass is 32.1. The topological polar surface area (TPSA) is 88.3 Å². The smallest absolute Gasteiger partial charge is 0.354 e. The number of hydrogen-bond acceptors (Lipinski definition) is 7. The van der Waals surface area contributed by atoms with Crippen LogP contribution >= 0.6 is 11.3 Å². The second kappa shape index (κ2) is 7.81. The summed E-state index contributed by atoms with van der Waals surface area (Å²) in [5.41, 5.74) is 1.76. The van der Waals surface area contributed by atoms with Crippen LogP contribution in [0.1, 0.15) is 19.0 Å². The normalized spacial score (nSPS) is 16.2. The molecule has 144 valence electrons. The van der Waals surface area contributed by atoms with Gasteiger partial charge in [-0.15, -0.1) is 11.3 Å². The van der Waals surface area contributed by atoms with Crippen LogP contribution in [0.3, 0.4) is 0 Å². The summed E-state index contributed by atoms with van der Waals surface area (Å²) >= 11 is 1.53. The molecule has 8 nitrogen and oxygen atoms in total. The predicted molar refractivity (Wildman–Crippen MR) is 106 cm³/mol. The molecule has 9 heteroatoms. The van der Waals surface area contributed by atoms with E-state index in [-0.39, 0.29) is 24.6 Å². The van der Waals surface area contributed by atoms with Crippen molar-refractivity contribution < 1.29 is 14.3 Å². The first-order chi connectivity index (χ1) is 13.7. The molecule has 1 amide bonds. The van der Waals surface area contributed by atoms with Gasteiger partial charge in [-0.25, -0.2) is 9.78 Å². The number of thiazole rings is 1. The van der Waals surface area contributed by atoms with Gasteiger partial charge in [0.1, 0.15) is 11.8 Å². The summed E-state index contributed by atoms with van der Waals surface area (Å²) in [6, 6.07) is 8.68. The molecule has 0 saturated heterocycles. The molecule has 1 aromatic carbocycles. The third-order valence-corrected chi connectivity index (χ3v) is 5.10. The van der Waals surface area contributed by atoms with Crippen LogP contribution in [0.2, 0.25) is 0 Å². The van der Waals surface area contributed by atoms with E-state index < -0.39 is 12.0 Å². The molecule has 1 atom stereocenters. The van der Waals surface area contributed by atoms with E-state index in [9.17, 15) is 9.59 Å². The average Bonchev–Trinajstić information content (AvgIpc) is 3.41. The molecule has 0 aliphatic carbocycles. The Bertz CT molecular complexity index is 998. The number of esters is 1. The van der Waals surface area contributed by atoms with Gasteiger partial charge in [0, 0.05) is 24.2 Å². The van der Waals surface area contributed by atoms with Crippen molar-refractivity contribution in [3.8, 4) is 0 Å². The van der Waals surface area contributed by atoms with Crippen molar-refractivity contribution >= 4 is 39.6 Å². The monoisotopic (exact) mass is 397 g/mol. The van der Waals surface area contributed by atoms with Crippen molar-refractivity contribution in [1.29, 1.82) is 0 Å². The third kappa shape index (κ3) is 3.61. The van der Waals surface area contributed by atoms with Crippen molar-refractivity contribution in [3.05, 3.63) is 53.8 Å². The van der Waals surface area contributed by atoms with E-state index in [4.69, 9.17) is 4.74 Å². The van der Waals surface area contributed by atoms with E-state index in [2.05, 4.69) is 15.4 Å². The van der Waals surface area contributed by atoms with Crippen molar-refractivity contribution in [1.82, 2.24) is 14.7 Å². The molecule has 3 heterocycles. The minimum atomic E-state index is -0.620. The summed E-state index contributed by atoms with van der Waals surface area (Å²) < 4.78 is 6.97. The lowest BCUT2D eigenvalue weighted by Gasteiger charge is -2.22. The maximum atomic E-state index is 12.9. The number of benzene rings is 1. The number of para-hydroxylation sites is 1. The summed E-state index contributed by atoms with van der Waals surface area (Å²) in [7, 11) is 0. The molecule has 1 aliphatic heterocycles. The molecular weight excluding hydrogens is 378 g/mol. The zero-order valence-corrected chi connectivity index (χ0v) is 16.1. The van der Waals surface area contributed by atoms with Crippen molar-refractivity contribution in [2.24, 2.45) is 5.10 Å². The Morgan fingerprint density at radius 2 is 2.14 bits per heavy atom. The van der Waals surface area contributed by atoms with E-state index in [1.807, 2.05) is 52.5 Å². The fourth-order valence-corrected chi connectivity index (χ4v) is 3.75. The lowest BCUT2D eigenvalue weighted by atomic mass is 10.1. The number of aromatic nitrogens is 2. The van der Waals surface area contributed by atoms with Crippen LogP contribution in [0, 0.1) is 0 Å². The number of imidazole rings is 1. The predicted octanol–water partition coefficient (Wildman–Crippen LogP) is 2.21.